The van der Waals surface area contributed by atoms with Crippen LogP contribution in [0.4, 0.5) is 0 Å². The normalized spacial score (nSPS) is 58.5. The van der Waals surface area contributed by atoms with Crippen LogP contribution >= 0.6 is 0 Å². The van der Waals surface area contributed by atoms with Gasteiger partial charge in [-0.2, -0.15) is 0 Å². The molecule has 1 spiro atoms. The summed E-state index contributed by atoms with van der Waals surface area (Å²) in [5.41, 5.74) is -2.67. The fraction of sp³-hybridized carbons (Fsp3) is 0.981. The van der Waals surface area contributed by atoms with Gasteiger partial charge in [0.1, 0.15) is 91.7 Å². The van der Waals surface area contributed by atoms with Crippen molar-refractivity contribution in [2.24, 2.45) is 50.2 Å². The average Bonchev–Trinajstić information content (AvgIpc) is 3.86. The molecule has 5 heterocycles. The predicted octanol–water partition coefficient (Wildman–Crippen LogP) is -1.50. The van der Waals surface area contributed by atoms with E-state index in [0.717, 1.165) is 51.2 Å². The van der Waals surface area contributed by atoms with Gasteiger partial charge in [0.25, 0.3) is 0 Å². The van der Waals surface area contributed by atoms with E-state index in [4.69, 9.17) is 42.6 Å². The highest BCUT2D eigenvalue weighted by Gasteiger charge is 2.80. The highest BCUT2D eigenvalue weighted by atomic mass is 16.8. The smallest absolute Gasteiger partial charge is 0.187 e. The van der Waals surface area contributed by atoms with Crippen molar-refractivity contribution in [2.75, 3.05) is 26.4 Å². The van der Waals surface area contributed by atoms with Crippen LogP contribution in [0, 0.1) is 50.2 Å². The molecule has 22 heteroatoms. The molecule has 10 rings (SSSR count). The Morgan fingerprint density at radius 1 is 0.560 bits per heavy atom. The summed E-state index contributed by atoms with van der Waals surface area (Å²) in [6.45, 7) is 13.5. The van der Waals surface area contributed by atoms with Crippen molar-refractivity contribution in [3.63, 3.8) is 0 Å². The fourth-order valence-electron chi connectivity index (χ4n) is 17.6. The zero-order valence-corrected chi connectivity index (χ0v) is 44.3. The Hall–Kier alpha value is -1.17. The second-order valence-electron chi connectivity index (χ2n) is 26.2. The molecule has 0 aromatic heterocycles. The quantitative estimate of drug-likeness (QED) is 0.0827. The second kappa shape index (κ2) is 20.1. The van der Waals surface area contributed by atoms with Crippen LogP contribution in [-0.2, 0) is 47.4 Å². The largest absolute Gasteiger partial charge is 0.394 e. The van der Waals surface area contributed by atoms with Crippen molar-refractivity contribution < 1.29 is 109 Å². The first-order valence-corrected chi connectivity index (χ1v) is 27.5. The first-order chi connectivity index (χ1) is 35.2. The van der Waals surface area contributed by atoms with E-state index in [-0.39, 0.29) is 39.4 Å². The number of rotatable bonds is 11. The Labute approximate surface area is 437 Å². The highest BCUT2D eigenvalue weighted by molar-refractivity contribution is 5.59. The zero-order valence-electron chi connectivity index (χ0n) is 44.3. The molecular formula is C53H86O22. The topological polar surface area (TPSA) is 343 Å². The molecule has 5 saturated carbocycles. The molecule has 5 saturated heterocycles. The maximum absolute atomic E-state index is 12.6. The van der Waals surface area contributed by atoms with Gasteiger partial charge in [-0.25, -0.2) is 0 Å². The molecule has 0 radical (unpaired) electrons. The molecule has 12 N–H and O–H groups in total. The average molecular weight is 1080 g/mol. The number of hydrogen-bond acceptors (Lipinski definition) is 22. The summed E-state index contributed by atoms with van der Waals surface area (Å²) < 4.78 is 56.8. The fourth-order valence-corrected chi connectivity index (χ4v) is 17.6. The van der Waals surface area contributed by atoms with Gasteiger partial charge in [0.2, 0.25) is 0 Å². The van der Waals surface area contributed by atoms with E-state index in [9.17, 15) is 66.1 Å². The lowest BCUT2D eigenvalue weighted by molar-refractivity contribution is -0.401. The van der Waals surface area contributed by atoms with E-state index >= 15 is 0 Å². The summed E-state index contributed by atoms with van der Waals surface area (Å²) >= 11 is 0. The number of aliphatic hydroxyl groups excluding tert-OH is 12. The van der Waals surface area contributed by atoms with Crippen molar-refractivity contribution >= 4 is 6.29 Å². The molecular weight excluding hydrogens is 989 g/mol. The van der Waals surface area contributed by atoms with Crippen LogP contribution in [-0.4, -0.2) is 229 Å². The van der Waals surface area contributed by atoms with Crippen LogP contribution in [0.2, 0.25) is 0 Å². The van der Waals surface area contributed by atoms with Crippen molar-refractivity contribution in [1.29, 1.82) is 0 Å². The summed E-state index contributed by atoms with van der Waals surface area (Å²) in [7, 11) is 0. The lowest BCUT2D eigenvalue weighted by Gasteiger charge is -2.75. The summed E-state index contributed by atoms with van der Waals surface area (Å²) in [6.07, 6.45) is -24.0. The molecule has 2 bridgehead atoms. The first-order valence-electron chi connectivity index (χ1n) is 27.5. The minimum atomic E-state index is -1.92. The third-order valence-electron chi connectivity index (χ3n) is 22.3. The molecule has 10 aliphatic rings. The summed E-state index contributed by atoms with van der Waals surface area (Å²) in [6, 6.07) is 0. The van der Waals surface area contributed by atoms with Gasteiger partial charge in [-0.1, -0.05) is 41.5 Å². The highest BCUT2D eigenvalue weighted by Crippen LogP contribution is 2.80. The third-order valence-corrected chi connectivity index (χ3v) is 22.3. The third kappa shape index (κ3) is 8.54. The Balaban J connectivity index is 0.934. The molecule has 0 aromatic rings. The molecule has 0 amide bonds. The van der Waals surface area contributed by atoms with E-state index in [0.29, 0.717) is 25.9 Å². The number of carbonyl (C=O) groups excluding carboxylic acids is 1. The van der Waals surface area contributed by atoms with Crippen LogP contribution in [0.25, 0.3) is 0 Å². The standard InChI is InChI=1S/C53H86O22/c1-23-32(59)35(62)38(65)43(69-23)74-41-37(64)34(61)26(19-55)71-46(41)73-40-24(57)20-67-45(42(40)75-44-39(66)36(63)33(60)25(18-54)70-44)72-31-10-11-49(5)27(47(31,2)3)8-12-50(6)28(49)9-13-53-29-16-48(4,21-56)14-15-52(29,22-68-53)30(58)17-51(50,53)7/h21,23-46,54-55,57-66H,8-20,22H2,1-7H3/t23-,24+,25-,26-,27?,28?,29?,30?,31?,32+,33-,34-,35-,36+,37+,38-,39-,40+,41-,42-,43+,44+,45+,46+,48?,49?,50?,51?,52?,53?/m1/s1. The molecule has 430 valence electrons. The molecule has 30 atom stereocenters. The van der Waals surface area contributed by atoms with Crippen LogP contribution < -0.4 is 0 Å². The molecule has 5 aliphatic heterocycles. The van der Waals surface area contributed by atoms with Gasteiger partial charge in [0.05, 0.1) is 50.3 Å². The monoisotopic (exact) mass is 1070 g/mol. The van der Waals surface area contributed by atoms with E-state index in [1.807, 2.05) is 0 Å². The van der Waals surface area contributed by atoms with E-state index in [2.05, 4.69) is 41.5 Å². The molecule has 22 nitrogen and oxygen atoms in total. The van der Waals surface area contributed by atoms with Gasteiger partial charge in [-0.3, -0.25) is 0 Å². The predicted molar refractivity (Wildman–Crippen MR) is 255 cm³/mol. The van der Waals surface area contributed by atoms with Crippen molar-refractivity contribution in [3.8, 4) is 0 Å². The van der Waals surface area contributed by atoms with Gasteiger partial charge < -0.3 is 109 Å². The van der Waals surface area contributed by atoms with Crippen LogP contribution in [0.3, 0.4) is 0 Å². The molecule has 11 unspecified atom stereocenters. The maximum atomic E-state index is 12.6. The number of fused-ring (bicyclic) bond motifs is 4. The van der Waals surface area contributed by atoms with Crippen molar-refractivity contribution in [3.05, 3.63) is 0 Å². The lowest BCUT2D eigenvalue weighted by Crippen LogP contribution is -2.74. The number of aldehydes is 1. The van der Waals surface area contributed by atoms with Gasteiger partial charge in [-0.05, 0) is 105 Å². The van der Waals surface area contributed by atoms with Gasteiger partial charge in [0, 0.05) is 16.2 Å². The Kier molecular flexibility index (Phi) is 15.3. The van der Waals surface area contributed by atoms with Crippen molar-refractivity contribution in [1.82, 2.24) is 0 Å². The van der Waals surface area contributed by atoms with E-state index < -0.39 is 165 Å². The SMILES string of the molecule is C[C@H]1O[C@@H](O[C@H]2[C@H](O[C@@H]3[C@@H](O[C@@H]4O[C@H](CO)[C@@H](O)[C@H](O)[C@H]4O)[C@H](OC4CCC5(C)C(CCC6(C)C5CCC57OCC8(CCC(C)(C=O)CC85)C(O)CC67C)C4(C)C)OC[C@@H]3O)O[C@H](CO)[C@@H](O)[C@@H]2O)[C@H](O)[C@H](O)[C@H]1O. The molecule has 10 fully saturated rings. The van der Waals surface area contributed by atoms with Crippen LogP contribution in [0.1, 0.15) is 113 Å². The van der Waals surface area contributed by atoms with Gasteiger partial charge in [0.15, 0.2) is 25.2 Å². The van der Waals surface area contributed by atoms with E-state index in [1.165, 1.54) is 6.92 Å². The summed E-state index contributed by atoms with van der Waals surface area (Å²) in [5.74, 6) is 0.408. The maximum Gasteiger partial charge on any atom is 0.187 e. The van der Waals surface area contributed by atoms with Gasteiger partial charge in [-0.15, -0.1) is 0 Å². The lowest BCUT2D eigenvalue weighted by atomic mass is 9.30. The number of carbonyl (C=O) groups is 1. The minimum Gasteiger partial charge on any atom is -0.394 e. The number of ether oxygens (including phenoxy) is 9. The Morgan fingerprint density at radius 2 is 1.16 bits per heavy atom. The minimum absolute atomic E-state index is 0.0639. The molecule has 0 aromatic carbocycles. The molecule has 75 heavy (non-hydrogen) atoms. The summed E-state index contributed by atoms with van der Waals surface area (Å²) in [5, 5.41) is 132. The van der Waals surface area contributed by atoms with Gasteiger partial charge >= 0.3 is 0 Å². The van der Waals surface area contributed by atoms with Crippen molar-refractivity contribution in [2.45, 2.75) is 247 Å². The first kappa shape index (κ1) is 57.1. The van der Waals surface area contributed by atoms with E-state index in [1.54, 1.807) is 0 Å². The number of aliphatic hydroxyl groups is 12. The van der Waals surface area contributed by atoms with Crippen LogP contribution in [0.15, 0.2) is 0 Å². The number of hydrogen-bond donors (Lipinski definition) is 12. The zero-order chi connectivity index (χ0) is 54.3. The second-order valence-corrected chi connectivity index (χ2v) is 26.2. The Morgan fingerprint density at radius 3 is 1.83 bits per heavy atom. The Bertz CT molecular complexity index is 2050. The molecule has 5 aliphatic carbocycles. The van der Waals surface area contributed by atoms with Crippen LogP contribution in [0.5, 0.6) is 0 Å². The summed E-state index contributed by atoms with van der Waals surface area (Å²) in [4.78, 5) is 12.6.